The van der Waals surface area contributed by atoms with Crippen LogP contribution in [0, 0.1) is 0 Å². The van der Waals surface area contributed by atoms with Crippen LogP contribution in [0.3, 0.4) is 0 Å². The molecule has 2 nitrogen and oxygen atoms in total. The molecule has 0 bridgehead atoms. The van der Waals surface area contributed by atoms with E-state index in [1.807, 2.05) is 0 Å². The second-order valence-corrected chi connectivity index (χ2v) is 3.29. The lowest BCUT2D eigenvalue weighted by Crippen LogP contribution is -2.13. The molecule has 0 aliphatic heterocycles. The molecule has 2 unspecified atom stereocenters. The molecule has 0 aliphatic rings. The maximum atomic E-state index is 10.3. The van der Waals surface area contributed by atoms with Crippen LogP contribution >= 0.6 is 0 Å². The van der Waals surface area contributed by atoms with E-state index >= 15 is 0 Å². The molecule has 0 heterocycles. The van der Waals surface area contributed by atoms with E-state index in [1.165, 1.54) is 0 Å². The Kier molecular flexibility index (Phi) is 3.21. The zero-order chi connectivity index (χ0) is 5.86. The van der Waals surface area contributed by atoms with E-state index in [0.717, 1.165) is 0 Å². The van der Waals surface area contributed by atoms with Crippen LogP contribution in [0.5, 0.6) is 0 Å². The van der Waals surface area contributed by atoms with Gasteiger partial charge in [0, 0.05) is 17.1 Å². The molecule has 44 valence electrons. The van der Waals surface area contributed by atoms with Gasteiger partial charge in [0.2, 0.25) is 0 Å². The van der Waals surface area contributed by atoms with Crippen LogP contribution in [-0.2, 0) is 10.8 Å². The molecule has 0 spiro atoms. The van der Waals surface area contributed by atoms with Gasteiger partial charge in [-0.05, 0) is 6.92 Å². The van der Waals surface area contributed by atoms with Crippen molar-refractivity contribution in [3.63, 3.8) is 0 Å². The van der Waals surface area contributed by atoms with Gasteiger partial charge >= 0.3 is 0 Å². The van der Waals surface area contributed by atoms with Crippen LogP contribution in [0.25, 0.3) is 0 Å². The molecule has 2 atom stereocenters. The fourth-order valence-electron chi connectivity index (χ4n) is 0.105. The van der Waals surface area contributed by atoms with Crippen molar-refractivity contribution in [2.75, 3.05) is 12.9 Å². The minimum atomic E-state index is -0.860. The average Bonchev–Trinajstić information content (AvgIpc) is 1.65. The van der Waals surface area contributed by atoms with Crippen LogP contribution in [-0.4, -0.2) is 27.4 Å². The predicted octanol–water partition coefficient (Wildman–Crippen LogP) is -0.254. The summed E-state index contributed by atoms with van der Waals surface area (Å²) in [4.78, 5) is 0. The molecule has 0 fully saturated rings. The zero-order valence-corrected chi connectivity index (χ0v) is 5.36. The van der Waals surface area contributed by atoms with Gasteiger partial charge in [0.05, 0.1) is 11.9 Å². The van der Waals surface area contributed by atoms with E-state index in [-0.39, 0.29) is 11.9 Å². The summed E-state index contributed by atoms with van der Waals surface area (Å²) >= 11 is 0. The Balaban J connectivity index is 3.34. The largest absolute Gasteiger partial charge is 0.395 e. The van der Waals surface area contributed by atoms with E-state index in [0.29, 0.717) is 0 Å². The summed E-state index contributed by atoms with van der Waals surface area (Å²) in [5, 5.41) is 8.24. The molecule has 0 rings (SSSR count). The second-order valence-electron chi connectivity index (χ2n) is 1.49. The third kappa shape index (κ3) is 2.76. The van der Waals surface area contributed by atoms with E-state index in [9.17, 15) is 4.21 Å². The number of aliphatic hydroxyl groups is 1. The molecule has 0 saturated heterocycles. The molecular formula is C4H10O2S. The molecule has 0 radical (unpaired) electrons. The third-order valence-corrected chi connectivity index (χ3v) is 2.11. The number of rotatable bonds is 2. The van der Waals surface area contributed by atoms with Crippen LogP contribution < -0.4 is 0 Å². The predicted molar refractivity (Wildman–Crippen MR) is 30.6 cm³/mol. The Labute approximate surface area is 46.0 Å². The van der Waals surface area contributed by atoms with Gasteiger partial charge in [-0.25, -0.2) is 0 Å². The van der Waals surface area contributed by atoms with Crippen molar-refractivity contribution in [3.05, 3.63) is 0 Å². The first-order valence-corrected chi connectivity index (χ1v) is 3.73. The lowest BCUT2D eigenvalue weighted by atomic mass is 10.5. The quantitative estimate of drug-likeness (QED) is 0.548. The molecule has 0 saturated carbocycles. The highest BCUT2D eigenvalue weighted by molar-refractivity contribution is 7.84. The maximum absolute atomic E-state index is 10.3. The normalized spacial score (nSPS) is 18.7. The summed E-state index contributed by atoms with van der Waals surface area (Å²) < 4.78 is 10.3. The van der Waals surface area contributed by atoms with Crippen LogP contribution in [0.2, 0.25) is 0 Å². The topological polar surface area (TPSA) is 37.3 Å². The van der Waals surface area contributed by atoms with E-state index in [4.69, 9.17) is 5.11 Å². The molecule has 0 aliphatic carbocycles. The highest BCUT2D eigenvalue weighted by atomic mass is 32.2. The summed E-state index contributed by atoms with van der Waals surface area (Å²) in [5.41, 5.74) is 0. The summed E-state index contributed by atoms with van der Waals surface area (Å²) in [7, 11) is -0.860. The highest BCUT2D eigenvalue weighted by Gasteiger charge is 2.00. The zero-order valence-electron chi connectivity index (χ0n) is 4.55. The third-order valence-electron chi connectivity index (χ3n) is 0.824. The van der Waals surface area contributed by atoms with Crippen molar-refractivity contribution in [2.24, 2.45) is 0 Å². The lowest BCUT2D eigenvalue weighted by Gasteiger charge is -1.99. The van der Waals surface area contributed by atoms with Crippen molar-refractivity contribution in [3.8, 4) is 0 Å². The average molecular weight is 122 g/mol. The number of hydrogen-bond acceptors (Lipinski definition) is 2. The minimum Gasteiger partial charge on any atom is -0.395 e. The summed E-state index contributed by atoms with van der Waals surface area (Å²) in [6.45, 7) is 1.76. The van der Waals surface area contributed by atoms with Gasteiger partial charge in [0.15, 0.2) is 0 Å². The van der Waals surface area contributed by atoms with Gasteiger partial charge in [-0.15, -0.1) is 0 Å². The molecule has 0 aromatic carbocycles. The van der Waals surface area contributed by atoms with Crippen molar-refractivity contribution in [2.45, 2.75) is 12.2 Å². The monoisotopic (exact) mass is 122 g/mol. The van der Waals surface area contributed by atoms with Crippen molar-refractivity contribution in [1.29, 1.82) is 0 Å². The Morgan fingerprint density at radius 2 is 2.29 bits per heavy atom. The van der Waals surface area contributed by atoms with Gasteiger partial charge in [-0.3, -0.25) is 4.21 Å². The molecular weight excluding hydrogens is 112 g/mol. The fourth-order valence-corrected chi connectivity index (χ4v) is 0.315. The van der Waals surface area contributed by atoms with Gasteiger partial charge in [-0.1, -0.05) is 0 Å². The van der Waals surface area contributed by atoms with Gasteiger partial charge < -0.3 is 5.11 Å². The van der Waals surface area contributed by atoms with Gasteiger partial charge in [0.25, 0.3) is 0 Å². The van der Waals surface area contributed by atoms with Crippen LogP contribution in [0.4, 0.5) is 0 Å². The Bertz CT molecular complexity index is 72.1. The van der Waals surface area contributed by atoms with Gasteiger partial charge in [0.1, 0.15) is 0 Å². The molecule has 0 aromatic heterocycles. The van der Waals surface area contributed by atoms with Crippen LogP contribution in [0.15, 0.2) is 0 Å². The smallest absolute Gasteiger partial charge is 0.0572 e. The highest BCUT2D eigenvalue weighted by Crippen LogP contribution is 1.87. The number of aliphatic hydroxyl groups excluding tert-OH is 1. The molecule has 1 N–H and O–H groups in total. The number of hydrogen-bond donors (Lipinski definition) is 1. The first-order valence-electron chi connectivity index (χ1n) is 2.11. The van der Waals surface area contributed by atoms with Crippen LogP contribution in [0.1, 0.15) is 6.92 Å². The van der Waals surface area contributed by atoms with E-state index in [1.54, 1.807) is 13.2 Å². The molecule has 0 aromatic rings. The second kappa shape index (κ2) is 3.16. The van der Waals surface area contributed by atoms with Gasteiger partial charge in [-0.2, -0.15) is 0 Å². The molecule has 0 amide bonds. The summed E-state index contributed by atoms with van der Waals surface area (Å²) in [5.74, 6) is 0. The minimum absolute atomic E-state index is 0.0170. The van der Waals surface area contributed by atoms with E-state index in [2.05, 4.69) is 0 Å². The Morgan fingerprint density at radius 3 is 2.29 bits per heavy atom. The Morgan fingerprint density at radius 1 is 1.86 bits per heavy atom. The molecule has 3 heteroatoms. The van der Waals surface area contributed by atoms with Crippen molar-refractivity contribution < 1.29 is 9.32 Å². The van der Waals surface area contributed by atoms with Crippen molar-refractivity contribution in [1.82, 2.24) is 0 Å². The standard InChI is InChI=1S/C4H10O2S/c1-4(3-5)7(2)6/h4-5H,3H2,1-2H3. The summed E-state index contributed by atoms with van der Waals surface area (Å²) in [6.07, 6.45) is 1.58. The lowest BCUT2D eigenvalue weighted by molar-refractivity contribution is 0.298. The summed E-state index contributed by atoms with van der Waals surface area (Å²) in [6, 6.07) is 0. The van der Waals surface area contributed by atoms with E-state index < -0.39 is 10.8 Å². The fraction of sp³-hybridized carbons (Fsp3) is 1.00. The first-order chi connectivity index (χ1) is 3.18. The van der Waals surface area contributed by atoms with Crippen molar-refractivity contribution >= 4 is 10.8 Å². The maximum Gasteiger partial charge on any atom is 0.0572 e. The Hall–Kier alpha value is 0.110. The first kappa shape index (κ1) is 7.11. The molecule has 7 heavy (non-hydrogen) atoms. The SMILES string of the molecule is CC(CO)S(C)=O.